The van der Waals surface area contributed by atoms with Crippen molar-refractivity contribution in [1.29, 1.82) is 0 Å². The molecule has 7 nitrogen and oxygen atoms in total. The molecule has 2 aromatic heterocycles. The zero-order chi connectivity index (χ0) is 16.2. The van der Waals surface area contributed by atoms with Crippen molar-refractivity contribution in [2.24, 2.45) is 5.10 Å². The highest BCUT2D eigenvalue weighted by atomic mass is 19.1. The largest absolute Gasteiger partial charge is 0.455 e. The molecule has 2 N–H and O–H groups in total. The molecule has 0 aliphatic rings. The summed E-state index contributed by atoms with van der Waals surface area (Å²) in [6.07, 6.45) is 1.38. The van der Waals surface area contributed by atoms with Crippen molar-refractivity contribution >= 4 is 12.2 Å². The maximum Gasteiger partial charge on any atom is 0.274 e. The van der Waals surface area contributed by atoms with Crippen LogP contribution in [0, 0.1) is 12.7 Å². The van der Waals surface area contributed by atoms with Gasteiger partial charge in [0.05, 0.1) is 11.8 Å². The van der Waals surface area contributed by atoms with Crippen molar-refractivity contribution in [2.45, 2.75) is 6.92 Å². The molecule has 0 saturated carbocycles. The molecule has 0 spiro atoms. The number of H-pyrrole nitrogens is 1. The Morgan fingerprint density at radius 3 is 2.87 bits per heavy atom. The molecular weight excluding hydrogens is 301 g/mol. The lowest BCUT2D eigenvalue weighted by atomic mass is 10.1. The van der Waals surface area contributed by atoms with Gasteiger partial charge in [0.2, 0.25) is 5.95 Å². The average molecular weight is 313 g/mol. The second-order valence-corrected chi connectivity index (χ2v) is 4.64. The van der Waals surface area contributed by atoms with Crippen LogP contribution in [-0.2, 0) is 0 Å². The SMILES string of the molecule is Cc1nnc(N/N=C\c2ccc(-c3ccccc3F)o2)[nH]c1=O. The minimum Gasteiger partial charge on any atom is -0.455 e. The summed E-state index contributed by atoms with van der Waals surface area (Å²) < 4.78 is 19.2. The van der Waals surface area contributed by atoms with Crippen LogP contribution in [0.15, 0.2) is 50.7 Å². The number of nitrogens with one attached hydrogen (secondary N) is 2. The van der Waals surface area contributed by atoms with Gasteiger partial charge in [-0.1, -0.05) is 12.1 Å². The molecule has 0 amide bonds. The molecule has 1 aromatic carbocycles. The molecule has 116 valence electrons. The van der Waals surface area contributed by atoms with E-state index in [-0.39, 0.29) is 23.0 Å². The lowest BCUT2D eigenvalue weighted by Crippen LogP contribution is -2.15. The molecule has 0 aliphatic heterocycles. The summed E-state index contributed by atoms with van der Waals surface area (Å²) in [6.45, 7) is 1.55. The van der Waals surface area contributed by atoms with E-state index < -0.39 is 0 Å². The molecule has 0 atom stereocenters. The van der Waals surface area contributed by atoms with E-state index in [1.54, 1.807) is 37.3 Å². The zero-order valence-corrected chi connectivity index (χ0v) is 12.1. The van der Waals surface area contributed by atoms with E-state index in [1.165, 1.54) is 12.3 Å². The van der Waals surface area contributed by atoms with Crippen molar-refractivity contribution < 1.29 is 8.81 Å². The maximum atomic E-state index is 13.7. The number of furan rings is 1. The smallest absolute Gasteiger partial charge is 0.274 e. The molecule has 0 fully saturated rings. The molecule has 0 saturated heterocycles. The second-order valence-electron chi connectivity index (χ2n) is 4.64. The lowest BCUT2D eigenvalue weighted by Gasteiger charge is -1.98. The summed E-state index contributed by atoms with van der Waals surface area (Å²) in [7, 11) is 0. The van der Waals surface area contributed by atoms with Crippen LogP contribution in [0.4, 0.5) is 10.3 Å². The highest BCUT2D eigenvalue weighted by Gasteiger charge is 2.08. The number of anilines is 1. The number of aryl methyl sites for hydroxylation is 1. The molecule has 0 aliphatic carbocycles. The number of aromatic nitrogens is 3. The normalized spacial score (nSPS) is 11.0. The maximum absolute atomic E-state index is 13.7. The summed E-state index contributed by atoms with van der Waals surface area (Å²) in [5.41, 5.74) is 2.81. The lowest BCUT2D eigenvalue weighted by molar-refractivity contribution is 0.563. The van der Waals surface area contributed by atoms with Crippen molar-refractivity contribution in [1.82, 2.24) is 15.2 Å². The predicted molar refractivity (Wildman–Crippen MR) is 82.7 cm³/mol. The fraction of sp³-hybridized carbons (Fsp3) is 0.0667. The average Bonchev–Trinajstić information content (AvgIpc) is 3.00. The molecule has 3 rings (SSSR count). The van der Waals surface area contributed by atoms with Crippen molar-refractivity contribution in [3.05, 3.63) is 64.0 Å². The predicted octanol–water partition coefficient (Wildman–Crippen LogP) is 2.32. The van der Waals surface area contributed by atoms with E-state index in [0.717, 1.165) is 0 Å². The highest BCUT2D eigenvalue weighted by molar-refractivity contribution is 5.77. The Bertz CT molecular complexity index is 916. The third-order valence-electron chi connectivity index (χ3n) is 2.99. The number of hydrogen-bond donors (Lipinski definition) is 2. The van der Waals surface area contributed by atoms with Crippen molar-refractivity contribution in [3.63, 3.8) is 0 Å². The highest BCUT2D eigenvalue weighted by Crippen LogP contribution is 2.24. The second kappa shape index (κ2) is 6.22. The van der Waals surface area contributed by atoms with Crippen LogP contribution in [0.2, 0.25) is 0 Å². The van der Waals surface area contributed by atoms with Crippen LogP contribution >= 0.6 is 0 Å². The quantitative estimate of drug-likeness (QED) is 0.569. The number of hydrazone groups is 1. The van der Waals surface area contributed by atoms with Gasteiger partial charge in [0, 0.05) is 0 Å². The third-order valence-corrected chi connectivity index (χ3v) is 2.99. The summed E-state index contributed by atoms with van der Waals surface area (Å²) in [6, 6.07) is 9.61. The molecule has 8 heteroatoms. The van der Waals surface area contributed by atoms with Crippen LogP contribution in [0.5, 0.6) is 0 Å². The molecule has 3 aromatic rings. The van der Waals surface area contributed by atoms with E-state index in [1.807, 2.05) is 0 Å². The first-order valence-corrected chi connectivity index (χ1v) is 6.71. The Kier molecular flexibility index (Phi) is 3.96. The van der Waals surface area contributed by atoms with Gasteiger partial charge in [-0.2, -0.15) is 5.10 Å². The van der Waals surface area contributed by atoms with E-state index in [9.17, 15) is 9.18 Å². The number of nitrogens with zero attached hydrogens (tertiary/aromatic N) is 3. The Morgan fingerprint density at radius 2 is 2.09 bits per heavy atom. The standard InChI is InChI=1S/C15H12FN5O2/c1-9-14(22)18-15(21-19-9)20-17-8-10-6-7-13(23-10)11-4-2-3-5-12(11)16/h2-8H,1H3,(H2,18,20,21,22)/b17-8-. The van der Waals surface area contributed by atoms with Crippen molar-refractivity contribution in [3.8, 4) is 11.3 Å². The molecule has 0 bridgehead atoms. The molecular formula is C15H12FN5O2. The Labute approximate surface area is 129 Å². The van der Waals surface area contributed by atoms with Gasteiger partial charge in [-0.3, -0.25) is 9.78 Å². The fourth-order valence-electron chi connectivity index (χ4n) is 1.83. The van der Waals surface area contributed by atoms with Gasteiger partial charge in [0.1, 0.15) is 23.0 Å². The first-order valence-electron chi connectivity index (χ1n) is 6.71. The topological polar surface area (TPSA) is 96.2 Å². The summed E-state index contributed by atoms with van der Waals surface area (Å²) in [5.74, 6) is 0.556. The summed E-state index contributed by atoms with van der Waals surface area (Å²) >= 11 is 0. The molecule has 0 unspecified atom stereocenters. The first kappa shape index (κ1) is 14.6. The Morgan fingerprint density at radius 1 is 1.26 bits per heavy atom. The van der Waals surface area contributed by atoms with Gasteiger partial charge < -0.3 is 4.42 Å². The van der Waals surface area contributed by atoms with Crippen molar-refractivity contribution in [2.75, 3.05) is 5.43 Å². The minimum atomic E-state index is -0.365. The number of halogens is 1. The number of benzene rings is 1. The fourth-order valence-corrected chi connectivity index (χ4v) is 1.83. The van der Waals surface area contributed by atoms with Gasteiger partial charge in [0.15, 0.2) is 0 Å². The van der Waals surface area contributed by atoms with Crippen LogP contribution in [-0.4, -0.2) is 21.4 Å². The van der Waals surface area contributed by atoms with Gasteiger partial charge in [-0.25, -0.2) is 9.82 Å². The number of hydrogen-bond acceptors (Lipinski definition) is 6. The molecule has 2 heterocycles. The minimum absolute atomic E-state index is 0.109. The first-order chi connectivity index (χ1) is 11.1. The van der Waals surface area contributed by atoms with Gasteiger partial charge in [0.25, 0.3) is 5.56 Å². The number of rotatable bonds is 4. The van der Waals surface area contributed by atoms with E-state index in [4.69, 9.17) is 4.42 Å². The number of aromatic amines is 1. The molecule has 0 radical (unpaired) electrons. The third kappa shape index (κ3) is 3.31. The van der Waals surface area contributed by atoms with Crippen LogP contribution in [0.3, 0.4) is 0 Å². The van der Waals surface area contributed by atoms with E-state index >= 15 is 0 Å². The van der Waals surface area contributed by atoms with Gasteiger partial charge >= 0.3 is 0 Å². The van der Waals surface area contributed by atoms with Crippen LogP contribution < -0.4 is 11.0 Å². The van der Waals surface area contributed by atoms with E-state index in [2.05, 4.69) is 25.7 Å². The summed E-state index contributed by atoms with van der Waals surface area (Å²) in [5, 5.41) is 11.3. The Balaban J connectivity index is 1.73. The Hall–Kier alpha value is -3.29. The zero-order valence-electron chi connectivity index (χ0n) is 12.1. The van der Waals surface area contributed by atoms with Gasteiger partial charge in [-0.05, 0) is 31.2 Å². The molecule has 23 heavy (non-hydrogen) atoms. The van der Waals surface area contributed by atoms with E-state index in [0.29, 0.717) is 17.1 Å². The summed E-state index contributed by atoms with van der Waals surface area (Å²) in [4.78, 5) is 13.8. The van der Waals surface area contributed by atoms with Crippen LogP contribution in [0.1, 0.15) is 11.5 Å². The monoisotopic (exact) mass is 313 g/mol. The van der Waals surface area contributed by atoms with Crippen LogP contribution in [0.25, 0.3) is 11.3 Å². The van der Waals surface area contributed by atoms with Gasteiger partial charge in [-0.15, -0.1) is 10.2 Å².